The van der Waals surface area contributed by atoms with Gasteiger partial charge in [0.05, 0.1) is 17.1 Å². The van der Waals surface area contributed by atoms with Crippen molar-refractivity contribution in [3.8, 4) is 0 Å². The highest BCUT2D eigenvalue weighted by molar-refractivity contribution is 14.0. The van der Waals surface area contributed by atoms with Gasteiger partial charge >= 0.3 is 0 Å². The standard InChI is InChI=1S/C20H33N3O3S.HI/c1-4-21-19(23-13-15-27(24,25)20(2,3)17-23)22-12-8-9-14-26-16-18-10-6-5-7-11-18;/h5-7,10-11H,4,8-9,12-17H2,1-3H3,(H,21,22);1H. The maximum absolute atomic E-state index is 12.2. The number of sulfone groups is 1. The number of hydrogen-bond donors (Lipinski definition) is 1. The van der Waals surface area contributed by atoms with Crippen LogP contribution in [0.5, 0.6) is 0 Å². The van der Waals surface area contributed by atoms with E-state index in [0.29, 0.717) is 26.2 Å². The van der Waals surface area contributed by atoms with Crippen LogP contribution in [0.1, 0.15) is 39.2 Å². The second kappa shape index (κ2) is 12.0. The summed E-state index contributed by atoms with van der Waals surface area (Å²) in [5, 5.41) is 3.29. The molecule has 0 spiro atoms. The number of nitrogens with one attached hydrogen (secondary N) is 1. The molecule has 0 atom stereocenters. The van der Waals surface area contributed by atoms with E-state index in [9.17, 15) is 8.42 Å². The third kappa shape index (κ3) is 7.51. The highest BCUT2D eigenvalue weighted by Gasteiger charge is 2.40. The molecule has 1 aliphatic heterocycles. The first-order valence-corrected chi connectivity index (χ1v) is 11.4. The van der Waals surface area contributed by atoms with Crippen molar-refractivity contribution in [2.45, 2.75) is 45.0 Å². The number of halogens is 1. The number of hydrogen-bond acceptors (Lipinski definition) is 4. The molecule has 1 aliphatic rings. The van der Waals surface area contributed by atoms with Crippen LogP contribution >= 0.6 is 24.0 Å². The largest absolute Gasteiger partial charge is 0.377 e. The normalized spacial score (nSPS) is 18.4. The van der Waals surface area contributed by atoms with Gasteiger partial charge in [-0.25, -0.2) is 8.42 Å². The van der Waals surface area contributed by atoms with Crippen molar-refractivity contribution in [2.75, 3.05) is 38.5 Å². The van der Waals surface area contributed by atoms with Gasteiger partial charge in [0.2, 0.25) is 0 Å². The summed E-state index contributed by atoms with van der Waals surface area (Å²) in [5.74, 6) is 0.989. The Labute approximate surface area is 187 Å². The van der Waals surface area contributed by atoms with Crippen LogP contribution in [0.15, 0.2) is 35.3 Å². The molecule has 28 heavy (non-hydrogen) atoms. The zero-order chi connectivity index (χ0) is 19.8. The Morgan fingerprint density at radius 1 is 1.25 bits per heavy atom. The molecule has 1 aromatic carbocycles. The van der Waals surface area contributed by atoms with E-state index in [4.69, 9.17) is 4.74 Å². The van der Waals surface area contributed by atoms with Crippen LogP contribution < -0.4 is 5.32 Å². The highest BCUT2D eigenvalue weighted by Crippen LogP contribution is 2.23. The first-order chi connectivity index (χ1) is 12.9. The summed E-state index contributed by atoms with van der Waals surface area (Å²) in [4.78, 5) is 6.75. The molecule has 1 heterocycles. The molecule has 8 heteroatoms. The fourth-order valence-corrected chi connectivity index (χ4v) is 4.38. The minimum Gasteiger partial charge on any atom is -0.377 e. The average molecular weight is 523 g/mol. The molecule has 0 aromatic heterocycles. The molecule has 160 valence electrons. The summed E-state index contributed by atoms with van der Waals surface area (Å²) >= 11 is 0. The lowest BCUT2D eigenvalue weighted by atomic mass is 10.2. The van der Waals surface area contributed by atoms with Crippen LogP contribution in [-0.2, 0) is 21.2 Å². The summed E-state index contributed by atoms with van der Waals surface area (Å²) in [6.45, 7) is 9.42. The van der Waals surface area contributed by atoms with Gasteiger partial charge in [-0.2, -0.15) is 0 Å². The van der Waals surface area contributed by atoms with E-state index in [2.05, 4.69) is 27.3 Å². The maximum Gasteiger partial charge on any atom is 0.193 e. The Bertz CT molecular complexity index is 709. The second-order valence-electron chi connectivity index (χ2n) is 7.48. The number of nitrogens with zero attached hydrogens (tertiary/aromatic N) is 2. The van der Waals surface area contributed by atoms with Crippen molar-refractivity contribution in [1.29, 1.82) is 0 Å². The predicted molar refractivity (Wildman–Crippen MR) is 126 cm³/mol. The zero-order valence-electron chi connectivity index (χ0n) is 17.2. The summed E-state index contributed by atoms with van der Waals surface area (Å²) in [7, 11) is -3.04. The molecule has 0 amide bonds. The molecule has 0 bridgehead atoms. The molecule has 1 N–H and O–H groups in total. The second-order valence-corrected chi connectivity index (χ2v) is 10.2. The first kappa shape index (κ1) is 25.2. The van der Waals surface area contributed by atoms with Gasteiger partial charge in [0.1, 0.15) is 0 Å². The van der Waals surface area contributed by atoms with E-state index >= 15 is 0 Å². The Hall–Kier alpha value is -0.870. The fraction of sp³-hybridized carbons (Fsp3) is 0.650. The van der Waals surface area contributed by atoms with Crippen LogP contribution in [-0.4, -0.2) is 62.6 Å². The lowest BCUT2D eigenvalue weighted by Gasteiger charge is -2.39. The van der Waals surface area contributed by atoms with Gasteiger partial charge in [0.25, 0.3) is 0 Å². The van der Waals surface area contributed by atoms with Crippen LogP contribution in [0.2, 0.25) is 0 Å². The Morgan fingerprint density at radius 3 is 2.61 bits per heavy atom. The predicted octanol–water partition coefficient (Wildman–Crippen LogP) is 3.08. The molecular formula is C20H34IN3O3S. The summed E-state index contributed by atoms with van der Waals surface area (Å²) in [6, 6.07) is 10.2. The van der Waals surface area contributed by atoms with Gasteiger partial charge in [-0.15, -0.1) is 24.0 Å². The number of unbranched alkanes of at least 4 members (excludes halogenated alkanes) is 1. The van der Waals surface area contributed by atoms with Gasteiger partial charge in [-0.3, -0.25) is 4.99 Å². The molecule has 1 fully saturated rings. The van der Waals surface area contributed by atoms with Crippen molar-refractivity contribution in [3.63, 3.8) is 0 Å². The summed E-state index contributed by atoms with van der Waals surface area (Å²) < 4.78 is 29.3. The molecule has 0 saturated carbocycles. The number of rotatable bonds is 8. The quantitative estimate of drug-likeness (QED) is 0.246. The molecule has 6 nitrogen and oxygen atoms in total. The molecule has 1 saturated heterocycles. The number of aliphatic imine (C=N–C) groups is 1. The molecule has 2 rings (SSSR count). The van der Waals surface area contributed by atoms with Gasteiger partial charge in [0.15, 0.2) is 15.8 Å². The van der Waals surface area contributed by atoms with Crippen LogP contribution in [0, 0.1) is 0 Å². The average Bonchev–Trinajstić information content (AvgIpc) is 2.63. The van der Waals surface area contributed by atoms with Crippen molar-refractivity contribution in [1.82, 2.24) is 10.2 Å². The first-order valence-electron chi connectivity index (χ1n) is 9.73. The zero-order valence-corrected chi connectivity index (χ0v) is 20.3. The smallest absolute Gasteiger partial charge is 0.193 e. The number of benzene rings is 1. The van der Waals surface area contributed by atoms with Crippen LogP contribution in [0.3, 0.4) is 0 Å². The fourth-order valence-electron chi connectivity index (χ4n) is 3.02. The van der Waals surface area contributed by atoms with E-state index in [0.717, 1.165) is 32.0 Å². The Morgan fingerprint density at radius 2 is 1.96 bits per heavy atom. The molecular weight excluding hydrogens is 489 g/mol. The summed E-state index contributed by atoms with van der Waals surface area (Å²) in [5.41, 5.74) is 1.19. The van der Waals surface area contributed by atoms with E-state index < -0.39 is 14.6 Å². The molecule has 1 aromatic rings. The number of guanidine groups is 1. The van der Waals surface area contributed by atoms with E-state index in [1.54, 1.807) is 13.8 Å². The molecule has 0 radical (unpaired) electrons. The van der Waals surface area contributed by atoms with Crippen LogP contribution in [0.25, 0.3) is 0 Å². The van der Waals surface area contributed by atoms with Crippen molar-refractivity contribution >= 4 is 39.8 Å². The number of ether oxygens (including phenoxy) is 1. The third-order valence-electron chi connectivity index (χ3n) is 4.75. The van der Waals surface area contributed by atoms with Gasteiger partial charge in [0, 0.05) is 32.8 Å². The molecule has 0 unspecified atom stereocenters. The van der Waals surface area contributed by atoms with E-state index in [1.807, 2.05) is 25.1 Å². The minimum atomic E-state index is -3.04. The van der Waals surface area contributed by atoms with Crippen molar-refractivity contribution < 1.29 is 13.2 Å². The minimum absolute atomic E-state index is 0. The van der Waals surface area contributed by atoms with E-state index in [1.165, 1.54) is 5.56 Å². The lowest BCUT2D eigenvalue weighted by molar-refractivity contribution is 0.117. The monoisotopic (exact) mass is 523 g/mol. The Balaban J connectivity index is 0.00000392. The SMILES string of the molecule is CCNC(=NCCCCOCc1ccccc1)N1CCS(=O)(=O)C(C)(C)C1.I. The van der Waals surface area contributed by atoms with E-state index in [-0.39, 0.29) is 29.7 Å². The highest BCUT2D eigenvalue weighted by atomic mass is 127. The van der Waals surface area contributed by atoms with Crippen LogP contribution in [0.4, 0.5) is 0 Å². The topological polar surface area (TPSA) is 71.0 Å². The van der Waals surface area contributed by atoms with Gasteiger partial charge in [-0.1, -0.05) is 30.3 Å². The molecule has 0 aliphatic carbocycles. The maximum atomic E-state index is 12.2. The lowest BCUT2D eigenvalue weighted by Crippen LogP contribution is -2.57. The van der Waals surface area contributed by atoms with Crippen molar-refractivity contribution in [3.05, 3.63) is 35.9 Å². The van der Waals surface area contributed by atoms with Crippen molar-refractivity contribution in [2.24, 2.45) is 4.99 Å². The third-order valence-corrected chi connectivity index (χ3v) is 7.28. The Kier molecular flexibility index (Phi) is 10.8. The van der Waals surface area contributed by atoms with Gasteiger partial charge in [-0.05, 0) is 39.2 Å². The van der Waals surface area contributed by atoms with Gasteiger partial charge < -0.3 is 15.0 Å². The summed E-state index contributed by atoms with van der Waals surface area (Å²) in [6.07, 6.45) is 1.90.